The Labute approximate surface area is 129 Å². The highest BCUT2D eigenvalue weighted by Crippen LogP contribution is 2.21. The molecule has 0 aliphatic carbocycles. The van der Waals surface area contributed by atoms with Gasteiger partial charge in [-0.2, -0.15) is 0 Å². The van der Waals surface area contributed by atoms with Crippen LogP contribution in [0, 0.1) is 5.82 Å². The summed E-state index contributed by atoms with van der Waals surface area (Å²) < 4.78 is 13.0. The molecule has 0 aromatic heterocycles. The molecule has 1 aromatic carbocycles. The molecule has 0 saturated carbocycles. The molecule has 1 saturated heterocycles. The number of hydrogen-bond donors (Lipinski definition) is 1. The van der Waals surface area contributed by atoms with Crippen LogP contribution in [-0.2, 0) is 9.59 Å². The summed E-state index contributed by atoms with van der Waals surface area (Å²) in [7, 11) is 1.68. The van der Waals surface area contributed by atoms with E-state index in [2.05, 4.69) is 0 Å². The number of rotatable bonds is 5. The van der Waals surface area contributed by atoms with Crippen molar-refractivity contribution in [2.24, 2.45) is 0 Å². The first-order valence-corrected chi connectivity index (χ1v) is 7.38. The molecule has 0 radical (unpaired) electrons. The molecule has 1 aliphatic heterocycles. The number of carbonyl (C=O) groups excluding carboxylic acids is 1. The highest BCUT2D eigenvalue weighted by atomic mass is 19.1. The fourth-order valence-electron chi connectivity index (χ4n) is 2.76. The molecule has 5 nitrogen and oxygen atoms in total. The number of benzene rings is 1. The first-order valence-electron chi connectivity index (χ1n) is 7.38. The van der Waals surface area contributed by atoms with Crippen LogP contribution < -0.4 is 0 Å². The third kappa shape index (κ3) is 3.62. The van der Waals surface area contributed by atoms with Crippen molar-refractivity contribution in [2.75, 3.05) is 20.1 Å². The minimum Gasteiger partial charge on any atom is -0.480 e. The van der Waals surface area contributed by atoms with Gasteiger partial charge in [0.05, 0.1) is 12.6 Å². The van der Waals surface area contributed by atoms with Crippen molar-refractivity contribution in [3.05, 3.63) is 35.6 Å². The highest BCUT2D eigenvalue weighted by Gasteiger charge is 2.32. The van der Waals surface area contributed by atoms with Gasteiger partial charge in [0.15, 0.2) is 0 Å². The molecule has 0 spiro atoms. The number of halogens is 1. The van der Waals surface area contributed by atoms with Crippen molar-refractivity contribution in [3.63, 3.8) is 0 Å². The van der Waals surface area contributed by atoms with E-state index in [9.17, 15) is 14.0 Å². The van der Waals surface area contributed by atoms with Crippen LogP contribution in [0.15, 0.2) is 24.3 Å². The number of nitrogens with zero attached hydrogens (tertiary/aromatic N) is 2. The molecule has 120 valence electrons. The predicted molar refractivity (Wildman–Crippen MR) is 79.8 cm³/mol. The van der Waals surface area contributed by atoms with Crippen molar-refractivity contribution in [3.8, 4) is 0 Å². The minimum atomic E-state index is -0.875. The van der Waals surface area contributed by atoms with Crippen molar-refractivity contribution in [1.29, 1.82) is 0 Å². The molecule has 1 aliphatic rings. The quantitative estimate of drug-likeness (QED) is 0.902. The molecule has 0 unspecified atom stereocenters. The summed E-state index contributed by atoms with van der Waals surface area (Å²) in [5.41, 5.74) is 0.841. The molecule has 1 N–H and O–H groups in total. The average molecular weight is 308 g/mol. The van der Waals surface area contributed by atoms with Crippen LogP contribution in [0.5, 0.6) is 0 Å². The maximum atomic E-state index is 13.0. The predicted octanol–water partition coefficient (Wildman–Crippen LogP) is 1.89. The van der Waals surface area contributed by atoms with Gasteiger partial charge in [0.2, 0.25) is 5.91 Å². The van der Waals surface area contributed by atoms with E-state index in [0.717, 1.165) is 12.0 Å². The summed E-state index contributed by atoms with van der Waals surface area (Å²) in [4.78, 5) is 26.8. The van der Waals surface area contributed by atoms with E-state index < -0.39 is 12.0 Å². The summed E-state index contributed by atoms with van der Waals surface area (Å²) in [5, 5.41) is 9.15. The second-order valence-corrected chi connectivity index (χ2v) is 5.70. The first-order chi connectivity index (χ1) is 10.4. The molecule has 1 amide bonds. The number of carbonyl (C=O) groups is 2. The molecule has 2 rings (SSSR count). The van der Waals surface area contributed by atoms with Gasteiger partial charge in [-0.1, -0.05) is 12.1 Å². The lowest BCUT2D eigenvalue weighted by Crippen LogP contribution is -2.44. The summed E-state index contributed by atoms with van der Waals surface area (Å²) >= 11 is 0. The lowest BCUT2D eigenvalue weighted by Gasteiger charge is -2.28. The molecule has 1 aromatic rings. The molecule has 0 bridgehead atoms. The van der Waals surface area contributed by atoms with Gasteiger partial charge in [0, 0.05) is 7.05 Å². The van der Waals surface area contributed by atoms with E-state index in [0.29, 0.717) is 13.0 Å². The van der Waals surface area contributed by atoms with Gasteiger partial charge in [0.1, 0.15) is 11.9 Å². The van der Waals surface area contributed by atoms with Gasteiger partial charge < -0.3 is 10.0 Å². The number of likely N-dealkylation sites (N-methyl/N-ethyl adjacent to an activating group) is 1. The Balaban J connectivity index is 1.99. The van der Waals surface area contributed by atoms with E-state index in [-0.39, 0.29) is 24.3 Å². The molecule has 2 atom stereocenters. The lowest BCUT2D eigenvalue weighted by atomic mass is 10.1. The van der Waals surface area contributed by atoms with Gasteiger partial charge in [-0.05, 0) is 44.0 Å². The molecule has 1 fully saturated rings. The Morgan fingerprint density at radius 3 is 2.64 bits per heavy atom. The third-order valence-electron chi connectivity index (χ3n) is 4.31. The Morgan fingerprint density at radius 1 is 1.41 bits per heavy atom. The van der Waals surface area contributed by atoms with Crippen molar-refractivity contribution in [2.45, 2.75) is 31.8 Å². The molecular formula is C16H21FN2O3. The van der Waals surface area contributed by atoms with E-state index in [1.807, 2.05) is 6.92 Å². The molecular weight excluding hydrogens is 287 g/mol. The SMILES string of the molecule is C[C@H](c1ccc(F)cc1)N(C)C(=O)CN1CCC[C@H]1C(=O)O. The van der Waals surface area contributed by atoms with Gasteiger partial charge in [-0.25, -0.2) is 4.39 Å². The smallest absolute Gasteiger partial charge is 0.320 e. The number of likely N-dealkylation sites (tertiary alicyclic amines) is 1. The van der Waals surface area contributed by atoms with Crippen LogP contribution in [0.4, 0.5) is 4.39 Å². The van der Waals surface area contributed by atoms with E-state index in [1.165, 1.54) is 12.1 Å². The summed E-state index contributed by atoms with van der Waals surface area (Å²) in [6, 6.07) is 5.27. The zero-order valence-corrected chi connectivity index (χ0v) is 12.8. The molecule has 22 heavy (non-hydrogen) atoms. The zero-order chi connectivity index (χ0) is 16.3. The average Bonchev–Trinajstić information content (AvgIpc) is 2.94. The molecule has 1 heterocycles. The number of aliphatic carboxylic acids is 1. The molecule has 6 heteroatoms. The lowest BCUT2D eigenvalue weighted by molar-refractivity contribution is -0.143. The van der Waals surface area contributed by atoms with Crippen molar-refractivity contribution >= 4 is 11.9 Å². The summed E-state index contributed by atoms with van der Waals surface area (Å²) in [6.45, 7) is 2.59. The number of amides is 1. The number of carboxylic acid groups (broad SMARTS) is 1. The van der Waals surface area contributed by atoms with Gasteiger partial charge in [-0.3, -0.25) is 14.5 Å². The van der Waals surface area contributed by atoms with Crippen molar-refractivity contribution in [1.82, 2.24) is 9.80 Å². The fraction of sp³-hybridized carbons (Fsp3) is 0.500. The van der Waals surface area contributed by atoms with Crippen LogP contribution >= 0.6 is 0 Å². The van der Waals surface area contributed by atoms with Gasteiger partial charge >= 0.3 is 5.97 Å². The van der Waals surface area contributed by atoms with Gasteiger partial charge in [0.25, 0.3) is 0 Å². The number of hydrogen-bond acceptors (Lipinski definition) is 3. The van der Waals surface area contributed by atoms with E-state index in [4.69, 9.17) is 5.11 Å². The van der Waals surface area contributed by atoms with Crippen LogP contribution in [0.3, 0.4) is 0 Å². The van der Waals surface area contributed by atoms with Crippen molar-refractivity contribution < 1.29 is 19.1 Å². The Kier molecular flexibility index (Phi) is 5.13. The first kappa shape index (κ1) is 16.4. The van der Waals surface area contributed by atoms with E-state index >= 15 is 0 Å². The monoisotopic (exact) mass is 308 g/mol. The standard InChI is InChI=1S/C16H21FN2O3/c1-11(12-5-7-13(17)8-6-12)18(2)15(20)10-19-9-3-4-14(19)16(21)22/h5-8,11,14H,3-4,9-10H2,1-2H3,(H,21,22)/t11-,14+/m1/s1. The summed E-state index contributed by atoms with van der Waals surface area (Å²) in [6.07, 6.45) is 1.38. The maximum Gasteiger partial charge on any atom is 0.320 e. The largest absolute Gasteiger partial charge is 0.480 e. The van der Waals surface area contributed by atoms with Crippen LogP contribution in [-0.4, -0.2) is 53.0 Å². The second kappa shape index (κ2) is 6.87. The highest BCUT2D eigenvalue weighted by molar-refractivity contribution is 5.80. The Bertz CT molecular complexity index is 547. The van der Waals surface area contributed by atoms with Gasteiger partial charge in [-0.15, -0.1) is 0 Å². The Hall–Kier alpha value is -1.95. The summed E-state index contributed by atoms with van der Waals surface area (Å²) in [5.74, 6) is -1.32. The van der Waals surface area contributed by atoms with Crippen LogP contribution in [0.25, 0.3) is 0 Å². The normalized spacial score (nSPS) is 19.9. The minimum absolute atomic E-state index is 0.0962. The third-order valence-corrected chi connectivity index (χ3v) is 4.31. The van der Waals surface area contributed by atoms with E-state index in [1.54, 1.807) is 29.0 Å². The zero-order valence-electron chi connectivity index (χ0n) is 12.8. The van der Waals surface area contributed by atoms with Crippen LogP contribution in [0.2, 0.25) is 0 Å². The Morgan fingerprint density at radius 2 is 2.05 bits per heavy atom. The van der Waals surface area contributed by atoms with Crippen LogP contribution in [0.1, 0.15) is 31.4 Å². The maximum absolute atomic E-state index is 13.0. The second-order valence-electron chi connectivity index (χ2n) is 5.70. The fourth-order valence-corrected chi connectivity index (χ4v) is 2.76. The number of carboxylic acids is 1. The topological polar surface area (TPSA) is 60.9 Å².